The van der Waals surface area contributed by atoms with Crippen LogP contribution in [0.4, 0.5) is 0 Å². The highest BCUT2D eigenvalue weighted by molar-refractivity contribution is 14.0. The van der Waals surface area contributed by atoms with Crippen LogP contribution in [0.1, 0.15) is 11.4 Å². The summed E-state index contributed by atoms with van der Waals surface area (Å²) in [5.41, 5.74) is 1.33. The standard InChI is InChI=1S/C22H27N7O2.HI/c1-23-22(24-12-20-25-21(27-26-20)18-8-5-10-30-18)29-14-17-19(15-29)31-11-9-28(17)13-16-6-3-2-4-7-16;/h2-8,10,17,19H,9,11-15H2,1H3,(H,23,24)(H,25,26,27);1H. The number of guanidine groups is 1. The Bertz CT molecular complexity index is 1010. The third kappa shape index (κ3) is 4.97. The molecule has 0 spiro atoms. The highest BCUT2D eigenvalue weighted by atomic mass is 127. The lowest BCUT2D eigenvalue weighted by atomic mass is 10.1. The van der Waals surface area contributed by atoms with E-state index in [0.29, 0.717) is 24.2 Å². The quantitative estimate of drug-likeness (QED) is 0.287. The van der Waals surface area contributed by atoms with Crippen molar-refractivity contribution in [3.8, 4) is 11.6 Å². The number of halogens is 1. The molecular weight excluding hydrogens is 521 g/mol. The van der Waals surface area contributed by atoms with Crippen LogP contribution in [0.5, 0.6) is 0 Å². The number of aromatic nitrogens is 3. The molecule has 2 saturated heterocycles. The summed E-state index contributed by atoms with van der Waals surface area (Å²) in [5.74, 6) is 2.76. The van der Waals surface area contributed by atoms with Crippen molar-refractivity contribution in [2.24, 2.45) is 4.99 Å². The first-order valence-electron chi connectivity index (χ1n) is 10.6. The number of hydrogen-bond donors (Lipinski definition) is 2. The fraction of sp³-hybridized carbons (Fsp3) is 0.409. The highest BCUT2D eigenvalue weighted by Gasteiger charge is 2.41. The van der Waals surface area contributed by atoms with E-state index in [4.69, 9.17) is 9.15 Å². The maximum absolute atomic E-state index is 6.10. The second kappa shape index (κ2) is 10.5. The molecule has 0 bridgehead atoms. The zero-order valence-corrected chi connectivity index (χ0v) is 20.3. The topological polar surface area (TPSA) is 94.8 Å². The zero-order valence-electron chi connectivity index (χ0n) is 18.0. The van der Waals surface area contributed by atoms with Crippen LogP contribution in [0, 0.1) is 0 Å². The number of aliphatic imine (C=N–C) groups is 1. The summed E-state index contributed by atoms with van der Waals surface area (Å²) in [4.78, 5) is 13.8. The monoisotopic (exact) mass is 549 g/mol. The van der Waals surface area contributed by atoms with E-state index in [9.17, 15) is 0 Å². The molecule has 0 aliphatic carbocycles. The lowest BCUT2D eigenvalue weighted by Crippen LogP contribution is -2.50. The van der Waals surface area contributed by atoms with Crippen molar-refractivity contribution in [3.63, 3.8) is 0 Å². The van der Waals surface area contributed by atoms with Gasteiger partial charge in [-0.1, -0.05) is 30.3 Å². The van der Waals surface area contributed by atoms with Gasteiger partial charge in [-0.15, -0.1) is 29.1 Å². The van der Waals surface area contributed by atoms with E-state index in [1.807, 2.05) is 19.2 Å². The maximum Gasteiger partial charge on any atom is 0.216 e. The van der Waals surface area contributed by atoms with Crippen molar-refractivity contribution in [2.75, 3.05) is 33.3 Å². The number of furan rings is 1. The van der Waals surface area contributed by atoms with E-state index in [-0.39, 0.29) is 30.1 Å². The van der Waals surface area contributed by atoms with Crippen LogP contribution in [-0.4, -0.2) is 76.4 Å². The summed E-state index contributed by atoms with van der Waals surface area (Å²) in [6.07, 6.45) is 1.80. The molecule has 0 radical (unpaired) electrons. The van der Waals surface area contributed by atoms with Crippen LogP contribution >= 0.6 is 24.0 Å². The van der Waals surface area contributed by atoms with Crippen molar-refractivity contribution in [1.29, 1.82) is 0 Å². The molecule has 10 heteroatoms. The van der Waals surface area contributed by atoms with Crippen LogP contribution in [0.15, 0.2) is 58.1 Å². The molecular formula is C22H28IN7O2. The van der Waals surface area contributed by atoms with Crippen LogP contribution in [0.2, 0.25) is 0 Å². The first kappa shape index (κ1) is 22.7. The van der Waals surface area contributed by atoms with Crippen LogP contribution in [0.3, 0.4) is 0 Å². The summed E-state index contributed by atoms with van der Waals surface area (Å²) >= 11 is 0. The van der Waals surface area contributed by atoms with Gasteiger partial charge in [0.1, 0.15) is 5.82 Å². The molecule has 2 unspecified atom stereocenters. The molecule has 2 N–H and O–H groups in total. The predicted octanol–water partition coefficient (Wildman–Crippen LogP) is 2.34. The minimum absolute atomic E-state index is 0. The zero-order chi connectivity index (χ0) is 21.0. The van der Waals surface area contributed by atoms with Crippen LogP contribution < -0.4 is 5.32 Å². The number of benzene rings is 1. The number of likely N-dealkylation sites (tertiary alicyclic amines) is 1. The molecule has 4 heterocycles. The summed E-state index contributed by atoms with van der Waals surface area (Å²) in [6.45, 7) is 4.86. The Kier molecular flexibility index (Phi) is 7.43. The van der Waals surface area contributed by atoms with Gasteiger partial charge in [0.05, 0.1) is 31.6 Å². The molecule has 2 aromatic heterocycles. The number of nitrogens with zero attached hydrogens (tertiary/aromatic N) is 5. The Morgan fingerprint density at radius 2 is 2.09 bits per heavy atom. The Hall–Kier alpha value is -2.44. The lowest BCUT2D eigenvalue weighted by molar-refractivity contribution is -0.0502. The SMILES string of the molecule is CN=C(NCc1nc(-c2ccco2)n[nH]1)N1CC2OCCN(Cc3ccccc3)C2C1.I. The number of morpholine rings is 1. The summed E-state index contributed by atoms with van der Waals surface area (Å²) in [7, 11) is 1.81. The van der Waals surface area contributed by atoms with Crippen molar-refractivity contribution in [2.45, 2.75) is 25.2 Å². The van der Waals surface area contributed by atoms with Gasteiger partial charge in [-0.2, -0.15) is 0 Å². The lowest BCUT2D eigenvalue weighted by Gasteiger charge is -2.36. The van der Waals surface area contributed by atoms with Crippen LogP contribution in [0.25, 0.3) is 11.6 Å². The first-order valence-corrected chi connectivity index (χ1v) is 10.6. The van der Waals surface area contributed by atoms with E-state index in [2.05, 4.69) is 65.6 Å². The Labute approximate surface area is 204 Å². The Morgan fingerprint density at radius 1 is 1.22 bits per heavy atom. The second-order valence-electron chi connectivity index (χ2n) is 7.82. The summed E-state index contributed by atoms with van der Waals surface area (Å²) in [6, 6.07) is 14.6. The van der Waals surface area contributed by atoms with Gasteiger partial charge in [0.15, 0.2) is 11.7 Å². The van der Waals surface area contributed by atoms with Gasteiger partial charge >= 0.3 is 0 Å². The Morgan fingerprint density at radius 3 is 2.88 bits per heavy atom. The van der Waals surface area contributed by atoms with Gasteiger partial charge in [-0.3, -0.25) is 15.0 Å². The molecule has 5 rings (SSSR count). The highest BCUT2D eigenvalue weighted by Crippen LogP contribution is 2.24. The van der Waals surface area contributed by atoms with Gasteiger partial charge in [0.2, 0.25) is 5.82 Å². The molecule has 2 fully saturated rings. The smallest absolute Gasteiger partial charge is 0.216 e. The molecule has 32 heavy (non-hydrogen) atoms. The molecule has 9 nitrogen and oxygen atoms in total. The number of H-pyrrole nitrogens is 1. The molecule has 1 aromatic carbocycles. The van der Waals surface area contributed by atoms with Crippen molar-refractivity contribution < 1.29 is 9.15 Å². The third-order valence-electron chi connectivity index (χ3n) is 5.84. The largest absolute Gasteiger partial charge is 0.461 e. The maximum atomic E-state index is 6.10. The third-order valence-corrected chi connectivity index (χ3v) is 5.84. The van der Waals surface area contributed by atoms with E-state index in [0.717, 1.165) is 44.6 Å². The average Bonchev–Trinajstić information content (AvgIpc) is 3.55. The van der Waals surface area contributed by atoms with Gasteiger partial charge < -0.3 is 19.4 Å². The van der Waals surface area contributed by atoms with Crippen LogP contribution in [-0.2, 0) is 17.8 Å². The molecule has 2 atom stereocenters. The fourth-order valence-electron chi connectivity index (χ4n) is 4.33. The van der Waals surface area contributed by atoms with Gasteiger partial charge in [-0.05, 0) is 17.7 Å². The number of nitrogens with one attached hydrogen (secondary N) is 2. The van der Waals surface area contributed by atoms with E-state index in [1.165, 1.54) is 5.56 Å². The fourth-order valence-corrected chi connectivity index (χ4v) is 4.33. The van der Waals surface area contributed by atoms with Crippen molar-refractivity contribution >= 4 is 29.9 Å². The molecule has 3 aromatic rings. The number of rotatable bonds is 5. The molecule has 0 amide bonds. The molecule has 2 aliphatic rings. The number of fused-ring (bicyclic) bond motifs is 1. The molecule has 0 saturated carbocycles. The number of hydrogen-bond acceptors (Lipinski definition) is 6. The van der Waals surface area contributed by atoms with Gasteiger partial charge in [0, 0.05) is 33.2 Å². The van der Waals surface area contributed by atoms with Crippen molar-refractivity contribution in [1.82, 2.24) is 30.3 Å². The molecule has 2 aliphatic heterocycles. The normalized spacial score (nSPS) is 21.3. The summed E-state index contributed by atoms with van der Waals surface area (Å²) in [5, 5.41) is 10.6. The number of aromatic amines is 1. The second-order valence-corrected chi connectivity index (χ2v) is 7.82. The predicted molar refractivity (Wildman–Crippen MR) is 132 cm³/mol. The first-order chi connectivity index (χ1) is 15.3. The van der Waals surface area contributed by atoms with Gasteiger partial charge in [0.25, 0.3) is 0 Å². The molecule has 170 valence electrons. The van der Waals surface area contributed by atoms with E-state index in [1.54, 1.807) is 6.26 Å². The van der Waals surface area contributed by atoms with E-state index < -0.39 is 0 Å². The minimum atomic E-state index is 0. The average molecular weight is 549 g/mol. The van der Waals surface area contributed by atoms with E-state index >= 15 is 0 Å². The minimum Gasteiger partial charge on any atom is -0.461 e. The van der Waals surface area contributed by atoms with Crippen molar-refractivity contribution in [3.05, 3.63) is 60.1 Å². The summed E-state index contributed by atoms with van der Waals surface area (Å²) < 4.78 is 11.4. The Balaban J connectivity index is 0.00000245. The number of ether oxygens (including phenoxy) is 1. The van der Waals surface area contributed by atoms with Gasteiger partial charge in [-0.25, -0.2) is 4.98 Å².